The van der Waals surface area contributed by atoms with Gasteiger partial charge in [-0.3, -0.25) is 0 Å². The molecule has 0 radical (unpaired) electrons. The fraction of sp³-hybridized carbons (Fsp3) is 0.133. The Kier molecular flexibility index (Phi) is 4.47. The highest BCUT2D eigenvalue weighted by Gasteiger charge is 2.12. The molecule has 2 nitrogen and oxygen atoms in total. The van der Waals surface area contributed by atoms with Crippen LogP contribution < -0.4 is 4.90 Å². The van der Waals surface area contributed by atoms with Crippen molar-refractivity contribution >= 4 is 38.9 Å². The van der Waals surface area contributed by atoms with Crippen molar-refractivity contribution in [1.29, 1.82) is 5.26 Å². The van der Waals surface area contributed by atoms with Gasteiger partial charge >= 0.3 is 0 Å². The smallest absolute Gasteiger partial charge is 0.101 e. The van der Waals surface area contributed by atoms with Gasteiger partial charge in [0.05, 0.1) is 11.3 Å². The molecule has 0 saturated carbocycles. The molecule has 2 rings (SSSR count). The van der Waals surface area contributed by atoms with E-state index < -0.39 is 0 Å². The Labute approximate surface area is 126 Å². The predicted molar refractivity (Wildman–Crippen MR) is 83.3 cm³/mol. The lowest BCUT2D eigenvalue weighted by Gasteiger charge is -2.23. The molecule has 0 saturated heterocycles. The van der Waals surface area contributed by atoms with Crippen LogP contribution in [0, 0.1) is 11.3 Å². The zero-order valence-corrected chi connectivity index (χ0v) is 12.7. The number of hydrogen-bond donors (Lipinski definition) is 0. The first-order chi connectivity index (χ1) is 9.17. The van der Waals surface area contributed by atoms with Crippen molar-refractivity contribution in [1.82, 2.24) is 0 Å². The van der Waals surface area contributed by atoms with E-state index in [1.807, 2.05) is 54.4 Å². The number of alkyl halides is 1. The van der Waals surface area contributed by atoms with Crippen LogP contribution in [0.4, 0.5) is 11.4 Å². The standard InChI is InChI=1S/C15H12BrClN2/c1-19(14-5-3-2-4-11(14)10-18)15-7-6-13(17)8-12(15)9-16/h2-8H,9H2,1H3. The molecule has 0 aliphatic rings. The fourth-order valence-electron chi connectivity index (χ4n) is 1.98. The highest BCUT2D eigenvalue weighted by molar-refractivity contribution is 9.08. The second-order valence-corrected chi connectivity index (χ2v) is 5.09. The van der Waals surface area contributed by atoms with E-state index in [9.17, 15) is 5.26 Å². The molecule has 19 heavy (non-hydrogen) atoms. The summed E-state index contributed by atoms with van der Waals surface area (Å²) in [4.78, 5) is 2.01. The molecule has 0 aliphatic carbocycles. The summed E-state index contributed by atoms with van der Waals surface area (Å²) in [5, 5.41) is 10.6. The van der Waals surface area contributed by atoms with E-state index in [2.05, 4.69) is 22.0 Å². The molecule has 0 aliphatic heterocycles. The molecule has 0 spiro atoms. The summed E-state index contributed by atoms with van der Waals surface area (Å²) in [5.41, 5.74) is 3.65. The number of rotatable bonds is 3. The van der Waals surface area contributed by atoms with Gasteiger partial charge in [0.2, 0.25) is 0 Å². The Hall–Kier alpha value is -1.50. The van der Waals surface area contributed by atoms with Gasteiger partial charge in [0.15, 0.2) is 0 Å². The predicted octanol–water partition coefficient (Wildman–Crippen LogP) is 4.87. The summed E-state index contributed by atoms with van der Waals surface area (Å²) in [6.07, 6.45) is 0. The minimum absolute atomic E-state index is 0.653. The number of nitriles is 1. The maximum atomic E-state index is 9.18. The van der Waals surface area contributed by atoms with Crippen LogP contribution in [-0.2, 0) is 5.33 Å². The Morgan fingerprint density at radius 1 is 1.21 bits per heavy atom. The summed E-state index contributed by atoms with van der Waals surface area (Å²) in [5.74, 6) is 0. The topological polar surface area (TPSA) is 27.0 Å². The second kappa shape index (κ2) is 6.10. The van der Waals surface area contributed by atoms with Crippen LogP contribution in [0.25, 0.3) is 0 Å². The molecule has 0 heterocycles. The molecular formula is C15H12BrClN2. The molecule has 96 valence electrons. The maximum absolute atomic E-state index is 9.18. The summed E-state index contributed by atoms with van der Waals surface area (Å²) in [6, 6.07) is 15.5. The lowest BCUT2D eigenvalue weighted by Crippen LogP contribution is -2.12. The number of anilines is 2. The molecule has 0 bridgehead atoms. The third-order valence-corrected chi connectivity index (χ3v) is 3.77. The van der Waals surface area contributed by atoms with Gasteiger partial charge in [0.25, 0.3) is 0 Å². The Bertz CT molecular complexity index is 634. The van der Waals surface area contributed by atoms with Crippen molar-refractivity contribution < 1.29 is 0 Å². The molecule has 0 unspecified atom stereocenters. The SMILES string of the molecule is CN(c1ccccc1C#N)c1ccc(Cl)cc1CBr. The molecule has 4 heteroatoms. The zero-order chi connectivity index (χ0) is 13.8. The first kappa shape index (κ1) is 13.9. The van der Waals surface area contributed by atoms with Crippen molar-refractivity contribution in [3.8, 4) is 6.07 Å². The van der Waals surface area contributed by atoms with Gasteiger partial charge < -0.3 is 4.90 Å². The van der Waals surface area contributed by atoms with Crippen LogP contribution in [-0.4, -0.2) is 7.05 Å². The molecule has 2 aromatic rings. The number of halogens is 2. The van der Waals surface area contributed by atoms with Crippen LogP contribution in [0.1, 0.15) is 11.1 Å². The van der Waals surface area contributed by atoms with E-state index in [0.29, 0.717) is 15.9 Å². The van der Waals surface area contributed by atoms with E-state index in [1.165, 1.54) is 0 Å². The third-order valence-electron chi connectivity index (χ3n) is 2.93. The molecule has 0 amide bonds. The maximum Gasteiger partial charge on any atom is 0.101 e. The Morgan fingerprint density at radius 3 is 2.63 bits per heavy atom. The molecule has 0 fully saturated rings. The molecule has 0 atom stereocenters. The average molecular weight is 336 g/mol. The summed E-state index contributed by atoms with van der Waals surface area (Å²) >= 11 is 9.48. The summed E-state index contributed by atoms with van der Waals surface area (Å²) < 4.78 is 0. The second-order valence-electron chi connectivity index (χ2n) is 4.09. The highest BCUT2D eigenvalue weighted by atomic mass is 79.9. The first-order valence-electron chi connectivity index (χ1n) is 5.74. The van der Waals surface area contributed by atoms with E-state index >= 15 is 0 Å². The quantitative estimate of drug-likeness (QED) is 0.748. The Balaban J connectivity index is 2.50. The van der Waals surface area contributed by atoms with Crippen LogP contribution in [0.3, 0.4) is 0 Å². The lowest BCUT2D eigenvalue weighted by atomic mass is 10.1. The zero-order valence-electron chi connectivity index (χ0n) is 10.4. The normalized spacial score (nSPS) is 10.0. The minimum Gasteiger partial charge on any atom is -0.343 e. The van der Waals surface area contributed by atoms with Gasteiger partial charge in [-0.15, -0.1) is 0 Å². The van der Waals surface area contributed by atoms with Crippen LogP contribution in [0.15, 0.2) is 42.5 Å². The molecule has 0 N–H and O–H groups in total. The van der Waals surface area contributed by atoms with Crippen LogP contribution in [0.5, 0.6) is 0 Å². The van der Waals surface area contributed by atoms with Crippen molar-refractivity contribution in [3.05, 3.63) is 58.6 Å². The number of nitrogens with zero attached hydrogens (tertiary/aromatic N) is 2. The van der Waals surface area contributed by atoms with Gasteiger partial charge in [-0.05, 0) is 35.9 Å². The largest absolute Gasteiger partial charge is 0.343 e. The van der Waals surface area contributed by atoms with Crippen LogP contribution in [0.2, 0.25) is 5.02 Å². The highest BCUT2D eigenvalue weighted by Crippen LogP contribution is 2.32. The lowest BCUT2D eigenvalue weighted by molar-refractivity contribution is 1.17. The Morgan fingerprint density at radius 2 is 1.95 bits per heavy atom. The summed E-state index contributed by atoms with van der Waals surface area (Å²) in [6.45, 7) is 0. The summed E-state index contributed by atoms with van der Waals surface area (Å²) in [7, 11) is 1.95. The fourth-order valence-corrected chi connectivity index (χ4v) is 2.62. The number of hydrogen-bond acceptors (Lipinski definition) is 2. The van der Waals surface area contributed by atoms with Gasteiger partial charge in [-0.2, -0.15) is 5.26 Å². The first-order valence-corrected chi connectivity index (χ1v) is 7.24. The molecule has 2 aromatic carbocycles. The number of benzene rings is 2. The molecular weight excluding hydrogens is 324 g/mol. The van der Waals surface area contributed by atoms with Crippen LogP contribution >= 0.6 is 27.5 Å². The molecule has 0 aromatic heterocycles. The van der Waals surface area contributed by atoms with Crippen molar-refractivity contribution in [2.75, 3.05) is 11.9 Å². The van der Waals surface area contributed by atoms with Gasteiger partial charge in [0, 0.05) is 23.1 Å². The third kappa shape index (κ3) is 2.91. The van der Waals surface area contributed by atoms with E-state index in [-0.39, 0.29) is 0 Å². The van der Waals surface area contributed by atoms with E-state index in [1.54, 1.807) is 0 Å². The number of para-hydroxylation sites is 1. The minimum atomic E-state index is 0.653. The average Bonchev–Trinajstić information content (AvgIpc) is 2.46. The van der Waals surface area contributed by atoms with Gasteiger partial charge in [0.1, 0.15) is 6.07 Å². The van der Waals surface area contributed by atoms with E-state index in [0.717, 1.165) is 16.9 Å². The van der Waals surface area contributed by atoms with Gasteiger partial charge in [-0.1, -0.05) is 39.7 Å². The van der Waals surface area contributed by atoms with Crippen molar-refractivity contribution in [2.45, 2.75) is 5.33 Å². The van der Waals surface area contributed by atoms with E-state index in [4.69, 9.17) is 11.6 Å². The van der Waals surface area contributed by atoms with Crippen molar-refractivity contribution in [3.63, 3.8) is 0 Å². The monoisotopic (exact) mass is 334 g/mol. The van der Waals surface area contributed by atoms with Crippen molar-refractivity contribution in [2.24, 2.45) is 0 Å². The van der Waals surface area contributed by atoms with Gasteiger partial charge in [-0.25, -0.2) is 0 Å².